The molecule has 1 aromatic carbocycles. The van der Waals surface area contributed by atoms with Gasteiger partial charge >= 0.3 is 5.97 Å². The minimum Gasteiger partial charge on any atom is -0.478 e. The Balaban J connectivity index is 1.81. The molecule has 0 atom stereocenters. The number of aliphatic carboxylic acids is 1. The van der Waals surface area contributed by atoms with E-state index in [4.69, 9.17) is 19.3 Å². The van der Waals surface area contributed by atoms with E-state index in [0.717, 1.165) is 17.4 Å². The second-order valence-corrected chi connectivity index (χ2v) is 3.44. The highest BCUT2D eigenvalue weighted by molar-refractivity contribution is 5.79. The van der Waals surface area contributed by atoms with Crippen molar-refractivity contribution in [3.63, 3.8) is 0 Å². The zero-order valence-electron chi connectivity index (χ0n) is 9.09. The summed E-state index contributed by atoms with van der Waals surface area (Å²) in [6.45, 7) is 0.919. The van der Waals surface area contributed by atoms with Crippen molar-refractivity contribution in [2.24, 2.45) is 0 Å². The summed E-state index contributed by atoms with van der Waals surface area (Å²) in [4.78, 5) is 10.2. The predicted molar refractivity (Wildman–Crippen MR) is 59.0 cm³/mol. The van der Waals surface area contributed by atoms with Gasteiger partial charge in [-0.25, -0.2) is 4.79 Å². The predicted octanol–water partition coefficient (Wildman–Crippen LogP) is 1.57. The first kappa shape index (κ1) is 11.5. The van der Waals surface area contributed by atoms with Crippen LogP contribution in [-0.2, 0) is 16.1 Å². The Bertz CT molecular complexity index is 439. The molecule has 5 heteroatoms. The Kier molecular flexibility index (Phi) is 3.62. The summed E-state index contributed by atoms with van der Waals surface area (Å²) in [5.74, 6) is 0.475. The van der Waals surface area contributed by atoms with Gasteiger partial charge in [0.15, 0.2) is 11.5 Å². The van der Waals surface area contributed by atoms with E-state index in [-0.39, 0.29) is 13.4 Å². The molecule has 1 aliphatic heterocycles. The third-order valence-electron chi connectivity index (χ3n) is 2.18. The lowest BCUT2D eigenvalue weighted by Gasteiger charge is -2.02. The summed E-state index contributed by atoms with van der Waals surface area (Å²) in [6, 6.07) is 5.56. The van der Waals surface area contributed by atoms with E-state index in [1.165, 1.54) is 6.08 Å². The van der Waals surface area contributed by atoms with Crippen molar-refractivity contribution in [1.29, 1.82) is 0 Å². The third-order valence-corrected chi connectivity index (χ3v) is 2.18. The highest BCUT2D eigenvalue weighted by Gasteiger charge is 2.12. The van der Waals surface area contributed by atoms with E-state index < -0.39 is 5.97 Å². The number of ether oxygens (including phenoxy) is 3. The fraction of sp³-hybridized carbons (Fsp3) is 0.250. The van der Waals surface area contributed by atoms with Gasteiger partial charge in [0, 0.05) is 6.08 Å². The van der Waals surface area contributed by atoms with Gasteiger partial charge < -0.3 is 19.3 Å². The molecule has 0 amide bonds. The van der Waals surface area contributed by atoms with E-state index in [1.807, 2.05) is 18.2 Å². The topological polar surface area (TPSA) is 65.0 Å². The average Bonchev–Trinajstić information content (AvgIpc) is 2.75. The highest BCUT2D eigenvalue weighted by atomic mass is 16.7. The molecule has 0 unspecified atom stereocenters. The molecule has 0 bridgehead atoms. The zero-order valence-corrected chi connectivity index (χ0v) is 9.09. The van der Waals surface area contributed by atoms with Crippen LogP contribution in [0.4, 0.5) is 0 Å². The Labute approximate surface area is 98.2 Å². The number of carboxylic acids is 1. The van der Waals surface area contributed by atoms with Crippen molar-refractivity contribution < 1.29 is 24.1 Å². The summed E-state index contributed by atoms with van der Waals surface area (Å²) >= 11 is 0. The summed E-state index contributed by atoms with van der Waals surface area (Å²) in [7, 11) is 0. The van der Waals surface area contributed by atoms with Crippen LogP contribution in [-0.4, -0.2) is 24.5 Å². The molecule has 0 spiro atoms. The molecule has 0 saturated carbocycles. The average molecular weight is 236 g/mol. The van der Waals surface area contributed by atoms with Crippen molar-refractivity contribution in [3.05, 3.63) is 35.9 Å². The molecule has 1 aromatic rings. The maximum atomic E-state index is 10.2. The lowest BCUT2D eigenvalue weighted by Crippen LogP contribution is -1.94. The van der Waals surface area contributed by atoms with Gasteiger partial charge in [0.25, 0.3) is 0 Å². The van der Waals surface area contributed by atoms with Crippen LogP contribution in [0, 0.1) is 0 Å². The van der Waals surface area contributed by atoms with Gasteiger partial charge in [0.1, 0.15) is 0 Å². The van der Waals surface area contributed by atoms with Crippen LogP contribution in [0.1, 0.15) is 5.56 Å². The molecule has 17 heavy (non-hydrogen) atoms. The molecule has 5 nitrogen and oxygen atoms in total. The summed E-state index contributed by atoms with van der Waals surface area (Å²) < 4.78 is 15.7. The highest BCUT2D eigenvalue weighted by Crippen LogP contribution is 2.32. The molecule has 1 heterocycles. The lowest BCUT2D eigenvalue weighted by atomic mass is 10.2. The molecule has 2 rings (SSSR count). The van der Waals surface area contributed by atoms with Crippen LogP contribution < -0.4 is 9.47 Å². The van der Waals surface area contributed by atoms with Crippen LogP contribution in [0.5, 0.6) is 11.5 Å². The number of hydrogen-bond acceptors (Lipinski definition) is 4. The second kappa shape index (κ2) is 5.36. The number of benzene rings is 1. The Morgan fingerprint density at radius 3 is 3.06 bits per heavy atom. The first-order valence-corrected chi connectivity index (χ1v) is 5.11. The van der Waals surface area contributed by atoms with E-state index in [0.29, 0.717) is 12.4 Å². The van der Waals surface area contributed by atoms with Gasteiger partial charge in [0.2, 0.25) is 6.79 Å². The van der Waals surface area contributed by atoms with Crippen LogP contribution in [0.2, 0.25) is 0 Å². The van der Waals surface area contributed by atoms with Crippen molar-refractivity contribution >= 4 is 5.97 Å². The maximum absolute atomic E-state index is 10.2. The SMILES string of the molecule is O=C(O)/C=C/COCc1ccc2c(c1)OCO2. The van der Waals surface area contributed by atoms with Gasteiger partial charge in [-0.15, -0.1) is 0 Å². The standard InChI is InChI=1S/C12H12O5/c13-12(14)2-1-5-15-7-9-3-4-10-11(6-9)17-8-16-10/h1-4,6H,5,7-8H2,(H,13,14)/b2-1+. The molecular formula is C12H12O5. The van der Waals surface area contributed by atoms with Gasteiger partial charge in [0.05, 0.1) is 13.2 Å². The third kappa shape index (κ3) is 3.22. The fourth-order valence-corrected chi connectivity index (χ4v) is 1.42. The first-order valence-electron chi connectivity index (χ1n) is 5.11. The zero-order chi connectivity index (χ0) is 12.1. The largest absolute Gasteiger partial charge is 0.478 e. The van der Waals surface area contributed by atoms with Gasteiger partial charge in [-0.05, 0) is 17.7 Å². The van der Waals surface area contributed by atoms with Crippen molar-refractivity contribution in [1.82, 2.24) is 0 Å². The smallest absolute Gasteiger partial charge is 0.328 e. The summed E-state index contributed by atoms with van der Waals surface area (Å²) in [5.41, 5.74) is 0.956. The fourth-order valence-electron chi connectivity index (χ4n) is 1.42. The van der Waals surface area contributed by atoms with Crippen LogP contribution in [0.15, 0.2) is 30.4 Å². The van der Waals surface area contributed by atoms with Crippen molar-refractivity contribution in [2.45, 2.75) is 6.61 Å². The quantitative estimate of drug-likeness (QED) is 0.621. The van der Waals surface area contributed by atoms with Crippen molar-refractivity contribution in [3.8, 4) is 11.5 Å². The Hall–Kier alpha value is -2.01. The lowest BCUT2D eigenvalue weighted by molar-refractivity contribution is -0.131. The van der Waals surface area contributed by atoms with Crippen molar-refractivity contribution in [2.75, 3.05) is 13.4 Å². The van der Waals surface area contributed by atoms with E-state index in [2.05, 4.69) is 0 Å². The monoisotopic (exact) mass is 236 g/mol. The van der Waals surface area contributed by atoms with Crippen LogP contribution in [0.25, 0.3) is 0 Å². The maximum Gasteiger partial charge on any atom is 0.328 e. The van der Waals surface area contributed by atoms with E-state index in [9.17, 15) is 4.79 Å². The molecule has 0 saturated heterocycles. The Morgan fingerprint density at radius 2 is 2.24 bits per heavy atom. The van der Waals surface area contributed by atoms with Gasteiger partial charge in [-0.2, -0.15) is 0 Å². The molecule has 1 aliphatic rings. The number of rotatable bonds is 5. The van der Waals surface area contributed by atoms with Crippen LogP contribution in [0.3, 0.4) is 0 Å². The molecule has 0 aliphatic carbocycles. The van der Waals surface area contributed by atoms with E-state index >= 15 is 0 Å². The Morgan fingerprint density at radius 1 is 1.41 bits per heavy atom. The van der Waals surface area contributed by atoms with E-state index in [1.54, 1.807) is 0 Å². The number of fused-ring (bicyclic) bond motifs is 1. The minimum absolute atomic E-state index is 0.251. The molecule has 0 fully saturated rings. The number of hydrogen-bond donors (Lipinski definition) is 1. The first-order chi connectivity index (χ1) is 8.25. The number of carbonyl (C=O) groups is 1. The minimum atomic E-state index is -0.975. The normalized spacial score (nSPS) is 13.2. The summed E-state index contributed by atoms with van der Waals surface area (Å²) in [6.07, 6.45) is 2.51. The molecule has 0 aromatic heterocycles. The second-order valence-electron chi connectivity index (χ2n) is 3.44. The summed E-state index contributed by atoms with van der Waals surface area (Å²) in [5, 5.41) is 8.36. The molecular weight excluding hydrogens is 224 g/mol. The van der Waals surface area contributed by atoms with Crippen LogP contribution >= 0.6 is 0 Å². The molecule has 90 valence electrons. The molecule has 1 N–H and O–H groups in total. The van der Waals surface area contributed by atoms with Gasteiger partial charge in [-0.1, -0.05) is 12.1 Å². The number of carboxylic acid groups (broad SMARTS) is 1. The van der Waals surface area contributed by atoms with Gasteiger partial charge in [-0.3, -0.25) is 0 Å². The molecule has 0 radical (unpaired) electrons.